The molecule has 0 rings (SSSR count). The Morgan fingerprint density at radius 2 is 0.474 bits per heavy atom. The van der Waals surface area contributed by atoms with Crippen LogP contribution in [0.3, 0.4) is 0 Å². The Morgan fingerprint density at radius 3 is 0.701 bits per heavy atom. The molecule has 19 heteroatoms. The highest BCUT2D eigenvalue weighted by atomic mass is 31.2. The number of aliphatic hydroxyl groups excluding tert-OH is 1. The van der Waals surface area contributed by atoms with E-state index in [2.05, 4.69) is 48.5 Å². The van der Waals surface area contributed by atoms with E-state index in [9.17, 15) is 43.2 Å². The third kappa shape index (κ3) is 72.2. The van der Waals surface area contributed by atoms with Gasteiger partial charge in [0.05, 0.1) is 26.4 Å². The molecule has 0 bridgehead atoms. The summed E-state index contributed by atoms with van der Waals surface area (Å²) in [4.78, 5) is 72.9. The monoisotopic (exact) mass is 1420 g/mol. The molecule has 0 aromatic rings. The first-order valence-electron chi connectivity index (χ1n) is 40.3. The minimum atomic E-state index is -4.96. The molecule has 576 valence electrons. The largest absolute Gasteiger partial charge is 0.472 e. The van der Waals surface area contributed by atoms with Gasteiger partial charge in [0, 0.05) is 25.7 Å². The maximum atomic E-state index is 13.1. The van der Waals surface area contributed by atoms with E-state index in [-0.39, 0.29) is 25.7 Å². The lowest BCUT2D eigenvalue weighted by molar-refractivity contribution is -0.161. The number of hydrogen-bond donors (Lipinski definition) is 3. The Balaban J connectivity index is 5.25. The summed E-state index contributed by atoms with van der Waals surface area (Å²) in [6.07, 6.45) is 55.5. The van der Waals surface area contributed by atoms with E-state index in [4.69, 9.17) is 37.0 Å². The zero-order valence-corrected chi connectivity index (χ0v) is 65.3. The Kier molecular flexibility index (Phi) is 67.1. The Morgan fingerprint density at radius 1 is 0.278 bits per heavy atom. The molecule has 0 aliphatic rings. The van der Waals surface area contributed by atoms with E-state index in [0.717, 1.165) is 108 Å². The van der Waals surface area contributed by atoms with Crippen molar-refractivity contribution in [3.8, 4) is 0 Å². The molecule has 0 fully saturated rings. The summed E-state index contributed by atoms with van der Waals surface area (Å²) in [6.45, 7) is 11.9. The molecule has 3 N–H and O–H groups in total. The van der Waals surface area contributed by atoms with Gasteiger partial charge >= 0.3 is 39.5 Å². The molecule has 0 aromatic carbocycles. The van der Waals surface area contributed by atoms with E-state index in [1.165, 1.54) is 212 Å². The summed E-state index contributed by atoms with van der Waals surface area (Å²) in [5.74, 6) is 0.133. The van der Waals surface area contributed by atoms with Crippen molar-refractivity contribution in [3.05, 3.63) is 0 Å². The van der Waals surface area contributed by atoms with Crippen molar-refractivity contribution in [1.29, 1.82) is 0 Å². The standard InChI is InChI=1S/C78H152O17P2/c1-8-9-10-11-12-13-14-15-16-17-18-19-20-21-24-31-40-47-54-61-77(82)94-73(65-88-75(80)59-52-45-38-30-25-22-23-28-35-42-49-56-69(2)3)67-92-96(84,85)90-63-72(79)64-91-97(86,87)93-68-74(66-89-76(81)60-53-46-39-34-33-37-44-51-58-71(6)7)95-78(83)62-55-48-41-32-27-26-29-36-43-50-57-70(4)5/h69-74,79H,8-68H2,1-7H3,(H,84,85)(H,86,87)/t72-,73-,74-/m1/s1. The van der Waals surface area contributed by atoms with Crippen LogP contribution in [0.5, 0.6) is 0 Å². The third-order valence-corrected chi connectivity index (χ3v) is 20.0. The molecular weight excluding hydrogens is 1270 g/mol. The molecule has 0 radical (unpaired) electrons. The molecule has 0 saturated carbocycles. The van der Waals surface area contributed by atoms with Crippen LogP contribution >= 0.6 is 15.6 Å². The van der Waals surface area contributed by atoms with Crippen molar-refractivity contribution in [2.45, 2.75) is 420 Å². The number of hydrogen-bond acceptors (Lipinski definition) is 15. The van der Waals surface area contributed by atoms with Gasteiger partial charge in [0.15, 0.2) is 12.2 Å². The quantitative estimate of drug-likeness (QED) is 0.0222. The first-order chi connectivity index (χ1) is 46.7. The Bertz CT molecular complexity index is 1890. The predicted molar refractivity (Wildman–Crippen MR) is 395 cm³/mol. The molecule has 0 spiro atoms. The van der Waals surface area contributed by atoms with Gasteiger partial charge in [0.25, 0.3) is 0 Å². The third-order valence-electron chi connectivity index (χ3n) is 18.1. The molecule has 0 aliphatic heterocycles. The number of phosphoric ester groups is 2. The second-order valence-electron chi connectivity index (χ2n) is 29.5. The van der Waals surface area contributed by atoms with Gasteiger partial charge in [-0.1, -0.05) is 350 Å². The van der Waals surface area contributed by atoms with Crippen LogP contribution in [0.15, 0.2) is 0 Å². The molecule has 0 aliphatic carbocycles. The van der Waals surface area contributed by atoms with Crippen LogP contribution in [0.1, 0.15) is 402 Å². The number of rotatable bonds is 76. The van der Waals surface area contributed by atoms with E-state index in [1.807, 2.05) is 0 Å². The van der Waals surface area contributed by atoms with Gasteiger partial charge in [0.1, 0.15) is 19.3 Å². The molecule has 17 nitrogen and oxygen atoms in total. The fourth-order valence-corrected chi connectivity index (χ4v) is 13.5. The first kappa shape index (κ1) is 95.1. The van der Waals surface area contributed by atoms with Crippen LogP contribution in [-0.4, -0.2) is 96.7 Å². The van der Waals surface area contributed by atoms with Gasteiger partial charge in [-0.25, -0.2) is 9.13 Å². The van der Waals surface area contributed by atoms with E-state index >= 15 is 0 Å². The minimum Gasteiger partial charge on any atom is -0.462 e. The van der Waals surface area contributed by atoms with Crippen molar-refractivity contribution < 1.29 is 80.2 Å². The molecule has 0 amide bonds. The molecule has 5 atom stereocenters. The van der Waals surface area contributed by atoms with Gasteiger partial charge in [-0.15, -0.1) is 0 Å². The molecule has 0 heterocycles. The highest BCUT2D eigenvalue weighted by Gasteiger charge is 2.30. The maximum Gasteiger partial charge on any atom is 0.472 e. The summed E-state index contributed by atoms with van der Waals surface area (Å²) < 4.78 is 68.6. The molecular formula is C78H152O17P2. The molecule has 0 saturated heterocycles. The summed E-state index contributed by atoms with van der Waals surface area (Å²) in [5.41, 5.74) is 0. The summed E-state index contributed by atoms with van der Waals surface area (Å²) in [7, 11) is -9.92. The number of unbranched alkanes of at least 4 members (excludes halogenated alkanes) is 44. The fraction of sp³-hybridized carbons (Fsp3) is 0.949. The number of ether oxygens (including phenoxy) is 4. The second kappa shape index (κ2) is 68.5. The lowest BCUT2D eigenvalue weighted by Gasteiger charge is -2.21. The number of phosphoric acid groups is 2. The predicted octanol–water partition coefficient (Wildman–Crippen LogP) is 23.0. The van der Waals surface area contributed by atoms with Crippen molar-refractivity contribution in [2.75, 3.05) is 39.6 Å². The molecule has 2 unspecified atom stereocenters. The van der Waals surface area contributed by atoms with Crippen LogP contribution < -0.4 is 0 Å². The second-order valence-corrected chi connectivity index (χ2v) is 32.4. The average molecular weight is 1420 g/mol. The first-order valence-corrected chi connectivity index (χ1v) is 43.3. The smallest absolute Gasteiger partial charge is 0.462 e. The number of carbonyl (C=O) groups excluding carboxylic acids is 4. The summed E-state index contributed by atoms with van der Waals surface area (Å²) in [6, 6.07) is 0. The van der Waals surface area contributed by atoms with Crippen molar-refractivity contribution in [1.82, 2.24) is 0 Å². The average Bonchev–Trinajstić information content (AvgIpc) is 1.04. The molecule has 97 heavy (non-hydrogen) atoms. The van der Waals surface area contributed by atoms with Crippen LogP contribution in [0, 0.1) is 17.8 Å². The number of carbonyl (C=O) groups is 4. The van der Waals surface area contributed by atoms with Crippen LogP contribution in [0.2, 0.25) is 0 Å². The zero-order valence-electron chi connectivity index (χ0n) is 63.5. The SMILES string of the molecule is CCCCCCCCCCCCCCCCCCCCCC(=O)O[C@H](COC(=O)CCCCCCCCCCCCCC(C)C)COP(=O)(O)OC[C@@H](O)COP(=O)(O)OC[C@@H](COC(=O)CCCCCCCCCCC(C)C)OC(=O)CCCCCCCCCCCCC(C)C. The topological polar surface area (TPSA) is 237 Å². The van der Waals surface area contributed by atoms with Crippen molar-refractivity contribution in [2.24, 2.45) is 17.8 Å². The normalized spacial score (nSPS) is 14.0. The Hall–Kier alpha value is -1.94. The minimum absolute atomic E-state index is 0.105. The van der Waals surface area contributed by atoms with Crippen LogP contribution in [0.25, 0.3) is 0 Å². The fourth-order valence-electron chi connectivity index (χ4n) is 12.0. The summed E-state index contributed by atoms with van der Waals surface area (Å²) >= 11 is 0. The van der Waals surface area contributed by atoms with Gasteiger partial charge in [-0.2, -0.15) is 0 Å². The number of aliphatic hydroxyl groups is 1. The van der Waals surface area contributed by atoms with Gasteiger partial charge in [0.2, 0.25) is 0 Å². The van der Waals surface area contributed by atoms with Gasteiger partial charge < -0.3 is 33.8 Å². The van der Waals surface area contributed by atoms with Gasteiger partial charge in [-0.05, 0) is 43.4 Å². The van der Waals surface area contributed by atoms with E-state index < -0.39 is 97.5 Å². The zero-order chi connectivity index (χ0) is 71.6. The lowest BCUT2D eigenvalue weighted by atomic mass is 10.0. The highest BCUT2D eigenvalue weighted by Crippen LogP contribution is 2.45. The highest BCUT2D eigenvalue weighted by molar-refractivity contribution is 7.47. The number of esters is 4. The van der Waals surface area contributed by atoms with Crippen LogP contribution in [-0.2, 0) is 65.4 Å². The van der Waals surface area contributed by atoms with E-state index in [1.54, 1.807) is 0 Å². The maximum absolute atomic E-state index is 13.1. The molecule has 0 aromatic heterocycles. The van der Waals surface area contributed by atoms with Crippen molar-refractivity contribution >= 4 is 39.5 Å². The summed E-state index contributed by atoms with van der Waals surface area (Å²) in [5, 5.41) is 10.6. The lowest BCUT2D eigenvalue weighted by Crippen LogP contribution is -2.30. The Labute approximate surface area is 594 Å². The van der Waals surface area contributed by atoms with Crippen molar-refractivity contribution in [3.63, 3.8) is 0 Å². The van der Waals surface area contributed by atoms with Gasteiger partial charge in [-0.3, -0.25) is 37.3 Å². The van der Waals surface area contributed by atoms with E-state index in [0.29, 0.717) is 25.7 Å². The van der Waals surface area contributed by atoms with Crippen LogP contribution in [0.4, 0.5) is 0 Å².